The molecule has 3 nitrogen and oxygen atoms in total. The number of nitrogens with zero attached hydrogens (tertiary/aromatic N) is 2. The van der Waals surface area contributed by atoms with Crippen molar-refractivity contribution >= 4 is 5.78 Å². The van der Waals surface area contributed by atoms with Crippen LogP contribution in [0.5, 0.6) is 0 Å². The monoisotopic (exact) mass is 234 g/mol. The van der Waals surface area contributed by atoms with Crippen molar-refractivity contribution in [3.8, 4) is 0 Å². The molecule has 0 aliphatic heterocycles. The molecule has 0 bridgehead atoms. The van der Waals surface area contributed by atoms with Gasteiger partial charge in [0.05, 0.1) is 11.7 Å². The van der Waals surface area contributed by atoms with Gasteiger partial charge in [-0.3, -0.25) is 14.7 Å². The van der Waals surface area contributed by atoms with E-state index in [0.29, 0.717) is 12.2 Å². The molecule has 0 radical (unpaired) electrons. The number of likely N-dealkylation sites (N-methyl/N-ethyl adjacent to an activating group) is 1. The molecular formula is C14H22N2O. The maximum absolute atomic E-state index is 11.7. The summed E-state index contributed by atoms with van der Waals surface area (Å²) in [5, 5.41) is 0. The first-order valence-corrected chi connectivity index (χ1v) is 6.27. The lowest BCUT2D eigenvalue weighted by molar-refractivity contribution is -0.123. The van der Waals surface area contributed by atoms with Crippen molar-refractivity contribution in [3.63, 3.8) is 0 Å². The van der Waals surface area contributed by atoms with Crippen LogP contribution in [-0.4, -0.2) is 28.3 Å². The second kappa shape index (κ2) is 6.50. The number of Topliss-reactive ketones (excluding diaryl/α,β-unsaturated/α-hetero) is 1. The van der Waals surface area contributed by atoms with Crippen molar-refractivity contribution in [2.24, 2.45) is 0 Å². The van der Waals surface area contributed by atoms with Gasteiger partial charge in [0.25, 0.3) is 0 Å². The number of aromatic nitrogens is 1. The minimum Gasteiger partial charge on any atom is -0.298 e. The van der Waals surface area contributed by atoms with Gasteiger partial charge in [0.1, 0.15) is 5.78 Å². The molecular weight excluding hydrogens is 212 g/mol. The molecule has 94 valence electrons. The van der Waals surface area contributed by atoms with Crippen LogP contribution in [0.3, 0.4) is 0 Å². The Kier molecular flexibility index (Phi) is 5.29. The second-order valence-electron chi connectivity index (χ2n) is 4.33. The predicted octanol–water partition coefficient (Wildman–Crippen LogP) is 2.58. The van der Waals surface area contributed by atoms with Crippen LogP contribution in [-0.2, 0) is 11.3 Å². The minimum atomic E-state index is -0.0210. The van der Waals surface area contributed by atoms with Gasteiger partial charge in [-0.05, 0) is 32.5 Å². The number of hydrogen-bond acceptors (Lipinski definition) is 3. The number of pyridine rings is 1. The van der Waals surface area contributed by atoms with Crippen LogP contribution >= 0.6 is 0 Å². The molecule has 3 heteroatoms. The molecule has 0 saturated heterocycles. The molecule has 0 saturated carbocycles. The van der Waals surface area contributed by atoms with Crippen LogP contribution < -0.4 is 0 Å². The van der Waals surface area contributed by atoms with E-state index in [-0.39, 0.29) is 6.04 Å². The first kappa shape index (κ1) is 13.8. The van der Waals surface area contributed by atoms with Crippen LogP contribution in [0.4, 0.5) is 0 Å². The smallest absolute Gasteiger partial charge is 0.149 e. The fraction of sp³-hybridized carbons (Fsp3) is 0.571. The highest BCUT2D eigenvalue weighted by atomic mass is 16.1. The molecule has 0 N–H and O–H groups in total. The Balaban J connectivity index is 2.73. The molecule has 17 heavy (non-hydrogen) atoms. The van der Waals surface area contributed by atoms with Gasteiger partial charge in [-0.15, -0.1) is 0 Å². The first-order valence-electron chi connectivity index (χ1n) is 6.27. The molecule has 0 aliphatic carbocycles. The molecule has 1 heterocycles. The number of rotatable bonds is 6. The third-order valence-electron chi connectivity index (χ3n) is 3.08. The van der Waals surface area contributed by atoms with E-state index in [1.165, 1.54) is 0 Å². The molecule has 1 rings (SSSR count). The standard InChI is InChI=1S/C14H22N2O/c1-5-14(17)12(4)16(6-2)10-13-9-7-8-11(3)15-13/h7-9,12H,5-6,10H2,1-4H3. The number of hydrogen-bond donors (Lipinski definition) is 0. The molecule has 0 aliphatic rings. The van der Waals surface area contributed by atoms with Crippen LogP contribution in [0.1, 0.15) is 38.6 Å². The number of ketones is 1. The molecule has 0 spiro atoms. The largest absolute Gasteiger partial charge is 0.298 e. The quantitative estimate of drug-likeness (QED) is 0.758. The molecule has 1 atom stereocenters. The minimum absolute atomic E-state index is 0.0210. The van der Waals surface area contributed by atoms with Crippen LogP contribution in [0.25, 0.3) is 0 Å². The lowest BCUT2D eigenvalue weighted by atomic mass is 10.1. The van der Waals surface area contributed by atoms with Gasteiger partial charge < -0.3 is 0 Å². The summed E-state index contributed by atoms with van der Waals surface area (Å²) in [6, 6.07) is 5.99. The van der Waals surface area contributed by atoms with Crippen LogP contribution in [0, 0.1) is 6.92 Å². The average molecular weight is 234 g/mol. The number of carbonyl (C=O) groups is 1. The van der Waals surface area contributed by atoms with Gasteiger partial charge in [0.2, 0.25) is 0 Å². The van der Waals surface area contributed by atoms with Crippen LogP contribution in [0.2, 0.25) is 0 Å². The Morgan fingerprint density at radius 1 is 1.41 bits per heavy atom. The normalized spacial score (nSPS) is 12.8. The van der Waals surface area contributed by atoms with Crippen LogP contribution in [0.15, 0.2) is 18.2 Å². The first-order chi connectivity index (χ1) is 8.08. The lowest BCUT2D eigenvalue weighted by Crippen LogP contribution is -2.38. The molecule has 1 unspecified atom stereocenters. The van der Waals surface area contributed by atoms with Crippen molar-refractivity contribution in [2.75, 3.05) is 6.54 Å². The maximum atomic E-state index is 11.7. The van der Waals surface area contributed by atoms with Gasteiger partial charge in [-0.25, -0.2) is 0 Å². The van der Waals surface area contributed by atoms with E-state index in [9.17, 15) is 4.79 Å². The Hall–Kier alpha value is -1.22. The fourth-order valence-electron chi connectivity index (χ4n) is 1.92. The zero-order chi connectivity index (χ0) is 12.8. The highest BCUT2D eigenvalue weighted by molar-refractivity contribution is 5.83. The summed E-state index contributed by atoms with van der Waals surface area (Å²) in [7, 11) is 0. The summed E-state index contributed by atoms with van der Waals surface area (Å²) < 4.78 is 0. The topological polar surface area (TPSA) is 33.2 Å². The summed E-state index contributed by atoms with van der Waals surface area (Å²) in [5.41, 5.74) is 2.05. The van der Waals surface area contributed by atoms with E-state index in [2.05, 4.69) is 16.8 Å². The predicted molar refractivity (Wildman–Crippen MR) is 69.8 cm³/mol. The lowest BCUT2D eigenvalue weighted by Gasteiger charge is -2.26. The Morgan fingerprint density at radius 3 is 2.65 bits per heavy atom. The van der Waals surface area contributed by atoms with Gasteiger partial charge in [-0.2, -0.15) is 0 Å². The van der Waals surface area contributed by atoms with E-state index < -0.39 is 0 Å². The third-order valence-corrected chi connectivity index (χ3v) is 3.08. The zero-order valence-electron chi connectivity index (χ0n) is 11.2. The average Bonchev–Trinajstić information content (AvgIpc) is 2.34. The highest BCUT2D eigenvalue weighted by Gasteiger charge is 2.18. The van der Waals surface area contributed by atoms with E-state index in [0.717, 1.165) is 24.5 Å². The molecule has 0 aromatic carbocycles. The van der Waals surface area contributed by atoms with E-state index in [4.69, 9.17) is 0 Å². The Labute approximate surface area is 104 Å². The van der Waals surface area contributed by atoms with Gasteiger partial charge in [0, 0.05) is 18.7 Å². The van der Waals surface area contributed by atoms with E-state index in [1.807, 2.05) is 39.0 Å². The van der Waals surface area contributed by atoms with E-state index >= 15 is 0 Å². The highest BCUT2D eigenvalue weighted by Crippen LogP contribution is 2.08. The molecule has 1 aromatic heterocycles. The van der Waals surface area contributed by atoms with Gasteiger partial charge in [0.15, 0.2) is 0 Å². The SMILES string of the molecule is CCC(=O)C(C)N(CC)Cc1cccc(C)n1. The second-order valence-corrected chi connectivity index (χ2v) is 4.33. The summed E-state index contributed by atoms with van der Waals surface area (Å²) in [6.45, 7) is 9.56. The summed E-state index contributed by atoms with van der Waals surface area (Å²) in [5.74, 6) is 0.291. The van der Waals surface area contributed by atoms with Crippen molar-refractivity contribution < 1.29 is 4.79 Å². The Morgan fingerprint density at radius 2 is 2.12 bits per heavy atom. The summed E-state index contributed by atoms with van der Waals surface area (Å²) in [4.78, 5) is 18.3. The number of aryl methyl sites for hydroxylation is 1. The Bertz CT molecular complexity index is 376. The third kappa shape index (κ3) is 3.93. The summed E-state index contributed by atoms with van der Waals surface area (Å²) >= 11 is 0. The number of carbonyl (C=O) groups excluding carboxylic acids is 1. The van der Waals surface area contributed by atoms with Gasteiger partial charge in [-0.1, -0.05) is 19.9 Å². The molecule has 1 aromatic rings. The van der Waals surface area contributed by atoms with Gasteiger partial charge >= 0.3 is 0 Å². The van der Waals surface area contributed by atoms with Crippen molar-refractivity contribution in [1.29, 1.82) is 0 Å². The van der Waals surface area contributed by atoms with Crippen molar-refractivity contribution in [2.45, 2.75) is 46.7 Å². The van der Waals surface area contributed by atoms with E-state index in [1.54, 1.807) is 0 Å². The summed E-state index contributed by atoms with van der Waals surface area (Å²) in [6.07, 6.45) is 0.596. The fourth-order valence-corrected chi connectivity index (χ4v) is 1.92. The van der Waals surface area contributed by atoms with Crippen molar-refractivity contribution in [1.82, 2.24) is 9.88 Å². The maximum Gasteiger partial charge on any atom is 0.149 e. The molecule has 0 amide bonds. The molecule has 0 fully saturated rings. The van der Waals surface area contributed by atoms with Crippen molar-refractivity contribution in [3.05, 3.63) is 29.6 Å². The zero-order valence-corrected chi connectivity index (χ0v) is 11.2.